The summed E-state index contributed by atoms with van der Waals surface area (Å²) in [6, 6.07) is 12.6. The molecule has 2 nitrogen and oxygen atoms in total. The zero-order chi connectivity index (χ0) is 11.8. The number of hydrogen-bond donors (Lipinski definition) is 1. The summed E-state index contributed by atoms with van der Waals surface area (Å²) in [5.41, 5.74) is 2.41. The molecule has 17 heavy (non-hydrogen) atoms. The van der Waals surface area contributed by atoms with Gasteiger partial charge in [-0.05, 0) is 36.2 Å². The summed E-state index contributed by atoms with van der Waals surface area (Å²) in [6.45, 7) is 2.13. The van der Waals surface area contributed by atoms with E-state index in [4.69, 9.17) is 12.2 Å². The van der Waals surface area contributed by atoms with E-state index in [-0.39, 0.29) is 0 Å². The second-order valence-electron chi connectivity index (χ2n) is 4.08. The molecule has 0 radical (unpaired) electrons. The molecule has 0 unspecified atom stereocenters. The van der Waals surface area contributed by atoms with Gasteiger partial charge in [-0.15, -0.1) is 0 Å². The molecule has 0 saturated heterocycles. The van der Waals surface area contributed by atoms with Crippen molar-refractivity contribution in [1.29, 1.82) is 0 Å². The predicted molar refractivity (Wildman–Crippen MR) is 73.2 cm³/mol. The zero-order valence-electron chi connectivity index (χ0n) is 9.47. The maximum Gasteiger partial charge on any atom is 0.181 e. The molecular formula is C14H12N2S. The fourth-order valence-corrected chi connectivity index (χ4v) is 2.38. The van der Waals surface area contributed by atoms with Gasteiger partial charge in [-0.3, -0.25) is 4.57 Å². The van der Waals surface area contributed by atoms with Crippen molar-refractivity contribution in [3.8, 4) is 5.69 Å². The molecule has 0 atom stereocenters. The Balaban J connectivity index is 2.43. The van der Waals surface area contributed by atoms with Gasteiger partial charge in [-0.25, -0.2) is 0 Å². The van der Waals surface area contributed by atoms with Gasteiger partial charge >= 0.3 is 0 Å². The van der Waals surface area contributed by atoms with Gasteiger partial charge in [0.15, 0.2) is 4.77 Å². The average molecular weight is 240 g/mol. The number of nitrogens with zero attached hydrogens (tertiary/aromatic N) is 1. The van der Waals surface area contributed by atoms with Crippen LogP contribution in [0, 0.1) is 11.7 Å². The lowest BCUT2D eigenvalue weighted by Gasteiger charge is -2.09. The normalized spacial score (nSPS) is 10.9. The van der Waals surface area contributed by atoms with Crippen LogP contribution in [0.25, 0.3) is 16.5 Å². The number of aryl methyl sites for hydroxylation is 1. The summed E-state index contributed by atoms with van der Waals surface area (Å²) >= 11 is 5.27. The Morgan fingerprint density at radius 3 is 2.53 bits per heavy atom. The first kappa shape index (κ1) is 10.3. The largest absolute Gasteiger partial charge is 0.337 e. The van der Waals surface area contributed by atoms with Gasteiger partial charge in [-0.1, -0.05) is 30.3 Å². The first-order chi connectivity index (χ1) is 8.27. The van der Waals surface area contributed by atoms with Crippen LogP contribution >= 0.6 is 12.2 Å². The van der Waals surface area contributed by atoms with E-state index in [1.807, 2.05) is 17.0 Å². The van der Waals surface area contributed by atoms with E-state index in [9.17, 15) is 0 Å². The third-order valence-electron chi connectivity index (χ3n) is 3.03. The van der Waals surface area contributed by atoms with Crippen LogP contribution in [0.5, 0.6) is 0 Å². The summed E-state index contributed by atoms with van der Waals surface area (Å²) < 4.78 is 2.72. The molecule has 1 heterocycles. The highest BCUT2D eigenvalue weighted by molar-refractivity contribution is 7.71. The van der Waals surface area contributed by atoms with Crippen LogP contribution in [0.3, 0.4) is 0 Å². The smallest absolute Gasteiger partial charge is 0.181 e. The van der Waals surface area contributed by atoms with Crippen molar-refractivity contribution in [2.45, 2.75) is 6.92 Å². The SMILES string of the molecule is Cc1ccc(-n2cc[nH]c2=S)c2ccccc12. The molecule has 0 spiro atoms. The Labute approximate surface area is 105 Å². The number of aromatic amines is 1. The number of H-pyrrole nitrogens is 1. The van der Waals surface area contributed by atoms with E-state index >= 15 is 0 Å². The molecule has 3 rings (SSSR count). The molecule has 0 aliphatic heterocycles. The Morgan fingerprint density at radius 1 is 1.06 bits per heavy atom. The average Bonchev–Trinajstić information content (AvgIpc) is 2.77. The van der Waals surface area contributed by atoms with Gasteiger partial charge in [0.2, 0.25) is 0 Å². The topological polar surface area (TPSA) is 20.7 Å². The first-order valence-electron chi connectivity index (χ1n) is 5.52. The van der Waals surface area contributed by atoms with Crippen LogP contribution in [0.1, 0.15) is 5.56 Å². The number of fused-ring (bicyclic) bond motifs is 1. The summed E-state index contributed by atoms with van der Waals surface area (Å²) in [4.78, 5) is 3.02. The van der Waals surface area contributed by atoms with Gasteiger partial charge in [0.25, 0.3) is 0 Å². The fourth-order valence-electron chi connectivity index (χ4n) is 2.15. The van der Waals surface area contributed by atoms with E-state index in [1.54, 1.807) is 0 Å². The number of hydrogen-bond acceptors (Lipinski definition) is 1. The molecule has 0 amide bonds. The van der Waals surface area contributed by atoms with E-state index in [0.29, 0.717) is 0 Å². The highest BCUT2D eigenvalue weighted by Crippen LogP contribution is 2.25. The molecule has 1 aromatic heterocycles. The lowest BCUT2D eigenvalue weighted by atomic mass is 10.0. The molecule has 0 bridgehead atoms. The van der Waals surface area contributed by atoms with Gasteiger partial charge in [-0.2, -0.15) is 0 Å². The third-order valence-corrected chi connectivity index (χ3v) is 3.34. The van der Waals surface area contributed by atoms with Crippen molar-refractivity contribution in [2.24, 2.45) is 0 Å². The number of benzene rings is 2. The van der Waals surface area contributed by atoms with Crippen LogP contribution in [-0.4, -0.2) is 9.55 Å². The lowest BCUT2D eigenvalue weighted by molar-refractivity contribution is 1.04. The summed E-state index contributed by atoms with van der Waals surface area (Å²) in [7, 11) is 0. The molecule has 0 aliphatic carbocycles. The van der Waals surface area contributed by atoms with Gasteiger partial charge < -0.3 is 4.98 Å². The van der Waals surface area contributed by atoms with E-state index in [2.05, 4.69) is 48.3 Å². The molecule has 1 N–H and O–H groups in total. The standard InChI is InChI=1S/C14H12N2S/c1-10-6-7-13(16-9-8-15-14(16)17)12-5-3-2-4-11(10)12/h2-9H,1H3,(H,15,17). The van der Waals surface area contributed by atoms with Crippen molar-refractivity contribution in [2.75, 3.05) is 0 Å². The first-order valence-corrected chi connectivity index (χ1v) is 5.93. The fraction of sp³-hybridized carbons (Fsp3) is 0.0714. The predicted octanol–water partition coefficient (Wildman–Crippen LogP) is 4.00. The van der Waals surface area contributed by atoms with E-state index in [1.165, 1.54) is 16.3 Å². The van der Waals surface area contributed by atoms with Gasteiger partial charge in [0.1, 0.15) is 0 Å². The number of aromatic nitrogens is 2. The van der Waals surface area contributed by atoms with Crippen LogP contribution in [0.15, 0.2) is 48.8 Å². The van der Waals surface area contributed by atoms with Crippen molar-refractivity contribution in [1.82, 2.24) is 9.55 Å². The van der Waals surface area contributed by atoms with Crippen LogP contribution in [0.2, 0.25) is 0 Å². The maximum absolute atomic E-state index is 5.27. The summed E-state index contributed by atoms with van der Waals surface area (Å²) in [5.74, 6) is 0. The second-order valence-corrected chi connectivity index (χ2v) is 4.47. The van der Waals surface area contributed by atoms with Gasteiger partial charge in [0.05, 0.1) is 5.69 Å². The van der Waals surface area contributed by atoms with E-state index < -0.39 is 0 Å². The third kappa shape index (κ3) is 1.59. The van der Waals surface area contributed by atoms with Gasteiger partial charge in [0, 0.05) is 17.8 Å². The summed E-state index contributed by atoms with van der Waals surface area (Å²) in [6.07, 6.45) is 3.82. The maximum atomic E-state index is 5.27. The minimum absolute atomic E-state index is 0.721. The minimum atomic E-state index is 0.721. The lowest BCUT2D eigenvalue weighted by Crippen LogP contribution is -1.94. The molecule has 84 valence electrons. The second kappa shape index (κ2) is 3.86. The molecule has 0 aliphatic rings. The molecule has 2 aromatic carbocycles. The van der Waals surface area contributed by atoms with E-state index in [0.717, 1.165) is 10.5 Å². The number of imidazole rings is 1. The van der Waals surface area contributed by atoms with Crippen molar-refractivity contribution in [3.63, 3.8) is 0 Å². The van der Waals surface area contributed by atoms with Crippen molar-refractivity contribution < 1.29 is 0 Å². The van der Waals surface area contributed by atoms with Crippen molar-refractivity contribution in [3.05, 3.63) is 59.1 Å². The summed E-state index contributed by atoms with van der Waals surface area (Å²) in [5, 5.41) is 2.50. The monoisotopic (exact) mass is 240 g/mol. The quantitative estimate of drug-likeness (QED) is 0.638. The van der Waals surface area contributed by atoms with Crippen LogP contribution in [0.4, 0.5) is 0 Å². The number of rotatable bonds is 1. The molecule has 0 fully saturated rings. The highest BCUT2D eigenvalue weighted by Gasteiger charge is 2.05. The molecular weight excluding hydrogens is 228 g/mol. The van der Waals surface area contributed by atoms with Crippen molar-refractivity contribution >= 4 is 23.0 Å². The number of nitrogens with one attached hydrogen (secondary N) is 1. The highest BCUT2D eigenvalue weighted by atomic mass is 32.1. The molecule has 3 aromatic rings. The Hall–Kier alpha value is -1.87. The van der Waals surface area contributed by atoms with Crippen LogP contribution < -0.4 is 0 Å². The minimum Gasteiger partial charge on any atom is -0.337 e. The Kier molecular flexibility index (Phi) is 2.34. The zero-order valence-corrected chi connectivity index (χ0v) is 10.3. The Morgan fingerprint density at radius 2 is 1.82 bits per heavy atom. The van der Waals surface area contributed by atoms with Crippen LogP contribution in [-0.2, 0) is 0 Å². The Bertz CT molecular complexity index is 737. The molecule has 0 saturated carbocycles. The molecule has 3 heteroatoms.